The Labute approximate surface area is 128 Å². The zero-order valence-electron chi connectivity index (χ0n) is 12.4. The van der Waals surface area contributed by atoms with E-state index in [-0.39, 0.29) is 35.1 Å². The van der Waals surface area contributed by atoms with Crippen LogP contribution in [0, 0.1) is 13.8 Å². The Hall–Kier alpha value is -1.88. The molecule has 1 heterocycles. The summed E-state index contributed by atoms with van der Waals surface area (Å²) in [5.41, 5.74) is 2.82. The first-order valence-electron chi connectivity index (χ1n) is 6.40. The van der Waals surface area contributed by atoms with E-state index in [2.05, 4.69) is 28.7 Å². The molecule has 4 nitrogen and oxygen atoms in total. The second-order valence-corrected chi connectivity index (χ2v) is 5.30. The van der Waals surface area contributed by atoms with Gasteiger partial charge in [0.1, 0.15) is 5.83 Å². The number of hydrogen-bond acceptors (Lipinski definition) is 2. The minimum Gasteiger partial charge on any atom is -0.352 e. The van der Waals surface area contributed by atoms with Gasteiger partial charge in [0.2, 0.25) is 5.91 Å². The van der Waals surface area contributed by atoms with Crippen LogP contribution in [0.2, 0.25) is 0 Å². The van der Waals surface area contributed by atoms with E-state index < -0.39 is 5.83 Å². The third-order valence-electron chi connectivity index (χ3n) is 3.05. The molecule has 0 saturated carbocycles. The second-order valence-electron chi connectivity index (χ2n) is 4.84. The number of allylic oxidation sites excluding steroid dienone is 2. The minimum absolute atomic E-state index is 0.0319. The number of halogens is 2. The standard InChI is InChI=1S/C15H19ClFN3O/c1-8(2)15(17)13(9(3)16)7-18-14(21)6-12-10(4)19-20-11(12)5/h1,3,6-7H2,2,4-5H3,(H,18,21)(H,19,20)/b15-13+. The van der Waals surface area contributed by atoms with E-state index in [1.165, 1.54) is 6.92 Å². The molecule has 0 aliphatic heterocycles. The molecule has 0 aliphatic carbocycles. The average molecular weight is 312 g/mol. The first kappa shape index (κ1) is 17.2. The maximum absolute atomic E-state index is 13.9. The topological polar surface area (TPSA) is 57.8 Å². The molecule has 21 heavy (non-hydrogen) atoms. The largest absolute Gasteiger partial charge is 0.352 e. The van der Waals surface area contributed by atoms with Gasteiger partial charge in [-0.2, -0.15) is 5.10 Å². The Bertz CT molecular complexity index is 597. The predicted octanol–water partition coefficient (Wildman–Crippen LogP) is 3.24. The van der Waals surface area contributed by atoms with E-state index in [0.29, 0.717) is 0 Å². The fraction of sp³-hybridized carbons (Fsp3) is 0.333. The second kappa shape index (κ2) is 7.22. The summed E-state index contributed by atoms with van der Waals surface area (Å²) in [4.78, 5) is 11.9. The van der Waals surface area contributed by atoms with Crippen LogP contribution in [-0.2, 0) is 11.2 Å². The number of aromatic amines is 1. The highest BCUT2D eigenvalue weighted by Gasteiger charge is 2.14. The van der Waals surface area contributed by atoms with Crippen LogP contribution < -0.4 is 5.32 Å². The molecule has 6 heteroatoms. The lowest BCUT2D eigenvalue weighted by Gasteiger charge is -2.10. The van der Waals surface area contributed by atoms with Crippen molar-refractivity contribution >= 4 is 17.5 Å². The molecule has 1 aromatic heterocycles. The van der Waals surface area contributed by atoms with Crippen molar-refractivity contribution in [2.24, 2.45) is 0 Å². The Morgan fingerprint density at radius 1 is 1.43 bits per heavy atom. The average Bonchev–Trinajstić information content (AvgIpc) is 2.70. The summed E-state index contributed by atoms with van der Waals surface area (Å²) in [6.45, 7) is 12.2. The van der Waals surface area contributed by atoms with E-state index >= 15 is 0 Å². The highest BCUT2D eigenvalue weighted by atomic mass is 35.5. The first-order chi connectivity index (χ1) is 9.73. The lowest BCUT2D eigenvalue weighted by Crippen LogP contribution is -2.28. The predicted molar refractivity (Wildman–Crippen MR) is 82.7 cm³/mol. The molecule has 0 aliphatic rings. The van der Waals surface area contributed by atoms with E-state index in [4.69, 9.17) is 11.6 Å². The Kier molecular flexibility index (Phi) is 5.90. The Morgan fingerprint density at radius 2 is 2.05 bits per heavy atom. The minimum atomic E-state index is -0.550. The van der Waals surface area contributed by atoms with Crippen LogP contribution in [0.15, 0.2) is 35.2 Å². The molecule has 0 aromatic carbocycles. The van der Waals surface area contributed by atoms with Gasteiger partial charge in [0.15, 0.2) is 0 Å². The van der Waals surface area contributed by atoms with E-state index in [1.807, 2.05) is 13.8 Å². The maximum Gasteiger partial charge on any atom is 0.224 e. The fourth-order valence-corrected chi connectivity index (χ4v) is 1.94. The molecule has 0 saturated heterocycles. The van der Waals surface area contributed by atoms with Gasteiger partial charge in [0.25, 0.3) is 0 Å². The lowest BCUT2D eigenvalue weighted by atomic mass is 10.1. The molecular weight excluding hydrogens is 293 g/mol. The van der Waals surface area contributed by atoms with Crippen LogP contribution in [0.25, 0.3) is 0 Å². The van der Waals surface area contributed by atoms with Crippen molar-refractivity contribution in [1.82, 2.24) is 15.5 Å². The SMILES string of the molecule is C=C(C)/C(F)=C(/CNC(=O)Cc1c(C)n[nH]c1C)C(=C)Cl. The zero-order chi connectivity index (χ0) is 16.2. The highest BCUT2D eigenvalue weighted by molar-refractivity contribution is 6.31. The summed E-state index contributed by atoms with van der Waals surface area (Å²) in [6.07, 6.45) is 0.172. The first-order valence-corrected chi connectivity index (χ1v) is 6.78. The van der Waals surface area contributed by atoms with Gasteiger partial charge >= 0.3 is 0 Å². The van der Waals surface area contributed by atoms with Crippen LogP contribution in [0.5, 0.6) is 0 Å². The van der Waals surface area contributed by atoms with Gasteiger partial charge in [-0.3, -0.25) is 9.89 Å². The Morgan fingerprint density at radius 3 is 2.48 bits per heavy atom. The number of nitrogens with one attached hydrogen (secondary N) is 2. The summed E-state index contributed by atoms with van der Waals surface area (Å²) in [7, 11) is 0. The summed E-state index contributed by atoms with van der Waals surface area (Å²) >= 11 is 5.76. The third kappa shape index (κ3) is 4.56. The van der Waals surface area contributed by atoms with Gasteiger partial charge < -0.3 is 5.32 Å². The molecule has 0 atom stereocenters. The molecule has 1 rings (SSSR count). The molecular formula is C15H19ClFN3O. The quantitative estimate of drug-likeness (QED) is 0.792. The lowest BCUT2D eigenvalue weighted by molar-refractivity contribution is -0.120. The van der Waals surface area contributed by atoms with E-state index in [9.17, 15) is 9.18 Å². The van der Waals surface area contributed by atoms with Crippen molar-refractivity contribution in [3.8, 4) is 0 Å². The molecule has 2 N–H and O–H groups in total. The molecule has 1 amide bonds. The van der Waals surface area contributed by atoms with Crippen molar-refractivity contribution in [2.45, 2.75) is 27.2 Å². The van der Waals surface area contributed by atoms with E-state index in [1.54, 1.807) is 0 Å². The number of aryl methyl sites for hydroxylation is 2. The smallest absolute Gasteiger partial charge is 0.224 e. The number of carbonyl (C=O) groups excluding carboxylic acids is 1. The van der Waals surface area contributed by atoms with Gasteiger partial charge in [-0.25, -0.2) is 4.39 Å². The third-order valence-corrected chi connectivity index (χ3v) is 3.28. The number of aromatic nitrogens is 2. The monoisotopic (exact) mass is 311 g/mol. The van der Waals surface area contributed by atoms with Crippen LogP contribution in [0.1, 0.15) is 23.9 Å². The van der Waals surface area contributed by atoms with Crippen molar-refractivity contribution in [2.75, 3.05) is 6.54 Å². The molecule has 0 fully saturated rings. The van der Waals surface area contributed by atoms with Gasteiger partial charge in [-0.1, -0.05) is 24.8 Å². The number of amides is 1. The summed E-state index contributed by atoms with van der Waals surface area (Å²) in [6, 6.07) is 0. The van der Waals surface area contributed by atoms with E-state index in [0.717, 1.165) is 17.0 Å². The number of carbonyl (C=O) groups is 1. The van der Waals surface area contributed by atoms with Crippen molar-refractivity contribution < 1.29 is 9.18 Å². The summed E-state index contributed by atoms with van der Waals surface area (Å²) < 4.78 is 13.9. The van der Waals surface area contributed by atoms with Crippen LogP contribution in [-0.4, -0.2) is 22.6 Å². The molecule has 0 radical (unpaired) electrons. The van der Waals surface area contributed by atoms with Gasteiger partial charge in [0.05, 0.1) is 12.1 Å². The highest BCUT2D eigenvalue weighted by Crippen LogP contribution is 2.22. The van der Waals surface area contributed by atoms with Crippen LogP contribution >= 0.6 is 11.6 Å². The van der Waals surface area contributed by atoms with Gasteiger partial charge in [-0.15, -0.1) is 0 Å². The summed E-state index contributed by atoms with van der Waals surface area (Å²) in [5.74, 6) is -0.793. The Balaban J connectivity index is 2.74. The maximum atomic E-state index is 13.9. The molecule has 0 spiro atoms. The number of nitrogens with zero attached hydrogens (tertiary/aromatic N) is 1. The molecule has 0 unspecified atom stereocenters. The van der Waals surface area contributed by atoms with Crippen LogP contribution in [0.3, 0.4) is 0 Å². The molecule has 0 bridgehead atoms. The van der Waals surface area contributed by atoms with Crippen molar-refractivity contribution in [3.05, 3.63) is 52.1 Å². The molecule has 1 aromatic rings. The normalized spacial score (nSPS) is 11.9. The number of hydrogen-bond donors (Lipinski definition) is 2. The van der Waals surface area contributed by atoms with Crippen molar-refractivity contribution in [1.29, 1.82) is 0 Å². The number of rotatable bonds is 6. The van der Waals surface area contributed by atoms with Crippen molar-refractivity contribution in [3.63, 3.8) is 0 Å². The molecule has 114 valence electrons. The zero-order valence-corrected chi connectivity index (χ0v) is 13.2. The van der Waals surface area contributed by atoms with Crippen LogP contribution in [0.4, 0.5) is 4.39 Å². The number of H-pyrrole nitrogens is 1. The summed E-state index contributed by atoms with van der Waals surface area (Å²) in [5, 5.41) is 9.51. The fourth-order valence-electron chi connectivity index (χ4n) is 1.79. The van der Waals surface area contributed by atoms with Gasteiger partial charge in [0, 0.05) is 28.4 Å². The van der Waals surface area contributed by atoms with Gasteiger partial charge in [-0.05, 0) is 26.3 Å².